The number of amides is 1. The van der Waals surface area contributed by atoms with E-state index in [-0.39, 0.29) is 5.91 Å². The standard InChI is InChI=1S/C16H23N3O2S/c1-18(2)13-9-19(10-15(13)22-3)16(20)12-7-11-5-4-6-21-14(11)8-17-12/h7-8,13,15H,4-6,9-10H2,1-3H3/t13-,15-/m0/s1. The number of hydrogen-bond acceptors (Lipinski definition) is 5. The van der Waals surface area contributed by atoms with Gasteiger partial charge in [-0.1, -0.05) is 0 Å². The minimum Gasteiger partial charge on any atom is -0.492 e. The lowest BCUT2D eigenvalue weighted by Gasteiger charge is -2.23. The first-order valence-corrected chi connectivity index (χ1v) is 8.99. The van der Waals surface area contributed by atoms with Crippen LogP contribution in [0.4, 0.5) is 0 Å². The number of carbonyl (C=O) groups is 1. The molecule has 2 aliphatic heterocycles. The van der Waals surface area contributed by atoms with Crippen molar-refractivity contribution >= 4 is 17.7 Å². The molecule has 0 aliphatic carbocycles. The summed E-state index contributed by atoms with van der Waals surface area (Å²) in [6.07, 6.45) is 5.79. The van der Waals surface area contributed by atoms with Crippen molar-refractivity contribution in [2.75, 3.05) is 40.0 Å². The number of rotatable bonds is 3. The molecule has 0 radical (unpaired) electrons. The second kappa shape index (κ2) is 6.46. The Kier molecular flexibility index (Phi) is 4.59. The van der Waals surface area contributed by atoms with Crippen molar-refractivity contribution in [3.05, 3.63) is 23.5 Å². The van der Waals surface area contributed by atoms with E-state index in [0.717, 1.165) is 43.9 Å². The molecular formula is C16H23N3O2S. The molecule has 5 nitrogen and oxygen atoms in total. The van der Waals surface area contributed by atoms with E-state index in [9.17, 15) is 4.79 Å². The summed E-state index contributed by atoms with van der Waals surface area (Å²) in [6, 6.07) is 2.31. The molecule has 1 fully saturated rings. The van der Waals surface area contributed by atoms with Crippen LogP contribution in [0.1, 0.15) is 22.5 Å². The average molecular weight is 321 g/mol. The van der Waals surface area contributed by atoms with Gasteiger partial charge in [0.2, 0.25) is 0 Å². The van der Waals surface area contributed by atoms with Gasteiger partial charge in [0.25, 0.3) is 5.91 Å². The fourth-order valence-electron chi connectivity index (χ4n) is 3.18. The summed E-state index contributed by atoms with van der Waals surface area (Å²) >= 11 is 1.83. The van der Waals surface area contributed by atoms with Crippen LogP contribution < -0.4 is 4.74 Å². The largest absolute Gasteiger partial charge is 0.492 e. The van der Waals surface area contributed by atoms with Gasteiger partial charge >= 0.3 is 0 Å². The van der Waals surface area contributed by atoms with E-state index in [4.69, 9.17) is 4.74 Å². The molecule has 0 aromatic carbocycles. The third kappa shape index (κ3) is 2.94. The highest BCUT2D eigenvalue weighted by Crippen LogP contribution is 2.27. The summed E-state index contributed by atoms with van der Waals surface area (Å²) in [5.41, 5.74) is 1.65. The van der Waals surface area contributed by atoms with Crippen LogP contribution in [0.15, 0.2) is 12.3 Å². The smallest absolute Gasteiger partial charge is 0.272 e. The molecule has 6 heteroatoms. The van der Waals surface area contributed by atoms with Crippen LogP contribution in [-0.4, -0.2) is 72.0 Å². The van der Waals surface area contributed by atoms with Crippen LogP contribution in [-0.2, 0) is 6.42 Å². The van der Waals surface area contributed by atoms with Crippen molar-refractivity contribution in [2.24, 2.45) is 0 Å². The zero-order valence-corrected chi connectivity index (χ0v) is 14.2. The van der Waals surface area contributed by atoms with Crippen LogP contribution in [0, 0.1) is 0 Å². The van der Waals surface area contributed by atoms with E-state index in [1.165, 1.54) is 0 Å². The Labute approximate surface area is 136 Å². The summed E-state index contributed by atoms with van der Waals surface area (Å²) in [6.45, 7) is 2.30. The monoisotopic (exact) mass is 321 g/mol. The molecule has 0 spiro atoms. The maximum absolute atomic E-state index is 12.8. The van der Waals surface area contributed by atoms with E-state index in [1.54, 1.807) is 6.20 Å². The highest BCUT2D eigenvalue weighted by molar-refractivity contribution is 7.99. The minimum atomic E-state index is 0.0387. The number of ether oxygens (including phenoxy) is 1. The van der Waals surface area contributed by atoms with Crippen LogP contribution >= 0.6 is 11.8 Å². The van der Waals surface area contributed by atoms with Gasteiger partial charge in [-0.15, -0.1) is 0 Å². The van der Waals surface area contributed by atoms with Crippen LogP contribution in [0.2, 0.25) is 0 Å². The van der Waals surface area contributed by atoms with Crippen LogP contribution in [0.25, 0.3) is 0 Å². The zero-order chi connectivity index (χ0) is 15.7. The third-order valence-corrected chi connectivity index (χ3v) is 5.57. The lowest BCUT2D eigenvalue weighted by atomic mass is 10.1. The molecule has 0 N–H and O–H groups in total. The van der Waals surface area contributed by atoms with Gasteiger partial charge < -0.3 is 14.5 Å². The molecule has 2 aliphatic rings. The van der Waals surface area contributed by atoms with E-state index < -0.39 is 0 Å². The molecule has 1 saturated heterocycles. The number of fused-ring (bicyclic) bond motifs is 1. The predicted molar refractivity (Wildman–Crippen MR) is 88.7 cm³/mol. The molecular weight excluding hydrogens is 298 g/mol. The van der Waals surface area contributed by atoms with Gasteiger partial charge in [0, 0.05) is 24.4 Å². The van der Waals surface area contributed by atoms with Gasteiger partial charge in [-0.25, -0.2) is 4.98 Å². The molecule has 1 amide bonds. The Morgan fingerprint density at radius 2 is 2.27 bits per heavy atom. The maximum Gasteiger partial charge on any atom is 0.272 e. The van der Waals surface area contributed by atoms with Crippen LogP contribution in [0.5, 0.6) is 5.75 Å². The van der Waals surface area contributed by atoms with E-state index in [2.05, 4.69) is 30.2 Å². The van der Waals surface area contributed by atoms with Crippen molar-refractivity contribution in [1.82, 2.24) is 14.8 Å². The van der Waals surface area contributed by atoms with Gasteiger partial charge in [-0.2, -0.15) is 11.8 Å². The lowest BCUT2D eigenvalue weighted by molar-refractivity contribution is 0.0777. The minimum absolute atomic E-state index is 0.0387. The Morgan fingerprint density at radius 1 is 1.45 bits per heavy atom. The number of carbonyl (C=O) groups excluding carboxylic acids is 1. The Hall–Kier alpha value is -1.27. The lowest BCUT2D eigenvalue weighted by Crippen LogP contribution is -2.37. The Balaban J connectivity index is 1.77. The van der Waals surface area contributed by atoms with Crippen molar-refractivity contribution in [3.63, 3.8) is 0 Å². The van der Waals surface area contributed by atoms with Gasteiger partial charge in [0.05, 0.1) is 12.8 Å². The second-order valence-electron chi connectivity index (χ2n) is 6.14. The highest BCUT2D eigenvalue weighted by atomic mass is 32.2. The van der Waals surface area contributed by atoms with Crippen LogP contribution in [0.3, 0.4) is 0 Å². The first-order valence-electron chi connectivity index (χ1n) is 7.70. The fraction of sp³-hybridized carbons (Fsp3) is 0.625. The number of pyridine rings is 1. The molecule has 0 saturated carbocycles. The van der Waals surface area contributed by atoms with Gasteiger partial charge in [0.15, 0.2) is 0 Å². The molecule has 2 atom stereocenters. The first-order chi connectivity index (χ1) is 10.6. The van der Waals surface area contributed by atoms with E-state index in [0.29, 0.717) is 17.0 Å². The Morgan fingerprint density at radius 3 is 2.95 bits per heavy atom. The Bertz CT molecular complexity index is 564. The summed E-state index contributed by atoms with van der Waals surface area (Å²) in [5, 5.41) is 0.458. The molecule has 1 aromatic rings. The number of likely N-dealkylation sites (N-methyl/N-ethyl adjacent to an activating group) is 1. The molecule has 3 rings (SSSR count). The van der Waals surface area contributed by atoms with Gasteiger partial charge in [0.1, 0.15) is 11.4 Å². The molecule has 0 bridgehead atoms. The molecule has 0 unspecified atom stereocenters. The zero-order valence-electron chi connectivity index (χ0n) is 13.4. The topological polar surface area (TPSA) is 45.7 Å². The number of hydrogen-bond donors (Lipinski definition) is 0. The van der Waals surface area contributed by atoms with Crippen molar-refractivity contribution in [3.8, 4) is 5.75 Å². The SMILES string of the molecule is CS[C@H]1CN(C(=O)c2cc3c(cn2)OCCC3)C[C@@H]1N(C)C. The first kappa shape index (κ1) is 15.6. The quantitative estimate of drug-likeness (QED) is 0.845. The molecule has 120 valence electrons. The maximum atomic E-state index is 12.8. The second-order valence-corrected chi connectivity index (χ2v) is 7.22. The third-order valence-electron chi connectivity index (χ3n) is 4.51. The predicted octanol–water partition coefficient (Wildman–Crippen LogP) is 1.52. The van der Waals surface area contributed by atoms with Crippen molar-refractivity contribution in [1.29, 1.82) is 0 Å². The molecule has 3 heterocycles. The summed E-state index contributed by atoms with van der Waals surface area (Å²) in [5.74, 6) is 0.870. The van der Waals surface area contributed by atoms with Crippen molar-refractivity contribution in [2.45, 2.75) is 24.1 Å². The number of thioether (sulfide) groups is 1. The van der Waals surface area contributed by atoms with Gasteiger partial charge in [-0.3, -0.25) is 4.79 Å². The fourth-order valence-corrected chi connectivity index (χ4v) is 4.16. The number of nitrogens with zero attached hydrogens (tertiary/aromatic N) is 3. The number of aromatic nitrogens is 1. The summed E-state index contributed by atoms with van der Waals surface area (Å²) in [4.78, 5) is 21.2. The van der Waals surface area contributed by atoms with E-state index >= 15 is 0 Å². The number of aryl methyl sites for hydroxylation is 1. The van der Waals surface area contributed by atoms with E-state index in [1.807, 2.05) is 22.7 Å². The summed E-state index contributed by atoms with van der Waals surface area (Å²) < 4.78 is 5.57. The average Bonchev–Trinajstić information content (AvgIpc) is 2.98. The molecule has 22 heavy (non-hydrogen) atoms. The van der Waals surface area contributed by atoms with Crippen molar-refractivity contribution < 1.29 is 9.53 Å². The number of likely N-dealkylation sites (tertiary alicyclic amines) is 1. The summed E-state index contributed by atoms with van der Waals surface area (Å²) in [7, 11) is 4.16. The molecule has 1 aromatic heterocycles. The van der Waals surface area contributed by atoms with Gasteiger partial charge in [-0.05, 0) is 44.8 Å². The normalized spacial score (nSPS) is 24.3. The highest BCUT2D eigenvalue weighted by Gasteiger charge is 2.36.